The van der Waals surface area contributed by atoms with E-state index < -0.39 is 24.1 Å². The lowest BCUT2D eigenvalue weighted by Gasteiger charge is -2.30. The number of nitrogens with one attached hydrogen (secondary N) is 2. The lowest BCUT2D eigenvalue weighted by Crippen LogP contribution is -2.49. The molecule has 1 aromatic rings. The number of nitrogens with zero attached hydrogens (tertiary/aromatic N) is 1. The number of halogens is 2. The molecule has 0 unspecified atom stereocenters. The van der Waals surface area contributed by atoms with Crippen LogP contribution in [0.3, 0.4) is 0 Å². The van der Waals surface area contributed by atoms with Crippen LogP contribution in [0.4, 0.5) is 13.6 Å². The molecule has 2 aliphatic rings. The Morgan fingerprint density at radius 1 is 1.23 bits per heavy atom. The number of hydrogen-bond acceptors (Lipinski definition) is 5. The summed E-state index contributed by atoms with van der Waals surface area (Å²) in [6.45, 7) is -3.13. The van der Waals surface area contributed by atoms with Crippen molar-refractivity contribution in [2.24, 2.45) is 0 Å². The fourth-order valence-corrected chi connectivity index (χ4v) is 3.92. The molecule has 1 spiro atoms. The highest BCUT2D eigenvalue weighted by Crippen LogP contribution is 2.33. The van der Waals surface area contributed by atoms with E-state index in [4.69, 9.17) is 4.74 Å². The summed E-state index contributed by atoms with van der Waals surface area (Å²) in [7, 11) is 1.35. The van der Waals surface area contributed by atoms with E-state index >= 15 is 0 Å². The molecule has 1 saturated heterocycles. The molecule has 0 radical (unpaired) electrons. The smallest absolute Gasteiger partial charge is 0.387 e. The zero-order valence-corrected chi connectivity index (χ0v) is 16.7. The fourth-order valence-electron chi connectivity index (χ4n) is 3.92. The summed E-state index contributed by atoms with van der Waals surface area (Å²) in [4.78, 5) is 38.1. The number of benzene rings is 1. The number of rotatable bonds is 8. The molecular weight excluding hydrogens is 400 g/mol. The fraction of sp³-hybridized carbons (Fsp3) is 0.550. The molecule has 1 aliphatic carbocycles. The van der Waals surface area contributed by atoms with Gasteiger partial charge in [-0.05, 0) is 37.0 Å². The van der Waals surface area contributed by atoms with Crippen molar-refractivity contribution >= 4 is 17.8 Å². The van der Waals surface area contributed by atoms with Crippen LogP contribution < -0.4 is 20.1 Å². The Kier molecular flexibility index (Phi) is 6.73. The van der Waals surface area contributed by atoms with Gasteiger partial charge >= 0.3 is 12.6 Å². The number of ether oxygens (including phenoxy) is 2. The Balaban J connectivity index is 1.51. The second-order valence-corrected chi connectivity index (χ2v) is 7.43. The number of urea groups is 1. The maximum atomic E-state index is 12.7. The quantitative estimate of drug-likeness (QED) is 0.623. The minimum atomic E-state index is -2.98. The van der Waals surface area contributed by atoms with Crippen LogP contribution in [-0.4, -0.2) is 55.1 Å². The van der Waals surface area contributed by atoms with Crippen molar-refractivity contribution in [3.63, 3.8) is 0 Å². The highest BCUT2D eigenvalue weighted by Gasteiger charge is 2.51. The van der Waals surface area contributed by atoms with Gasteiger partial charge in [-0.2, -0.15) is 8.78 Å². The molecule has 0 atom stereocenters. The lowest BCUT2D eigenvalue weighted by molar-refractivity contribution is -0.135. The SMILES string of the molecule is COc1ccc(CCNC(=O)CN2C(=O)NC3(CCCCC3)C2=O)cc1OC(F)F. The minimum Gasteiger partial charge on any atom is -0.493 e. The first kappa shape index (κ1) is 21.8. The van der Waals surface area contributed by atoms with Crippen molar-refractivity contribution < 1.29 is 32.6 Å². The van der Waals surface area contributed by atoms with Crippen molar-refractivity contribution in [1.29, 1.82) is 0 Å². The van der Waals surface area contributed by atoms with Crippen molar-refractivity contribution in [3.05, 3.63) is 23.8 Å². The molecule has 2 N–H and O–H groups in total. The molecule has 2 fully saturated rings. The first-order valence-corrected chi connectivity index (χ1v) is 9.87. The Hall–Kier alpha value is -2.91. The molecule has 30 heavy (non-hydrogen) atoms. The Labute approximate surface area is 172 Å². The zero-order valence-electron chi connectivity index (χ0n) is 16.7. The molecule has 164 valence electrons. The highest BCUT2D eigenvalue weighted by atomic mass is 19.3. The van der Waals surface area contributed by atoms with Crippen LogP contribution in [0.2, 0.25) is 0 Å². The standard InChI is InChI=1S/C20H25F2N3O5/c1-29-14-6-5-13(11-15(14)30-18(21)22)7-10-23-16(26)12-25-17(27)20(24-19(25)28)8-3-2-4-9-20/h5-6,11,18H,2-4,7-10,12H2,1H3,(H,23,26)(H,24,28). The molecule has 4 amide bonds. The van der Waals surface area contributed by atoms with Gasteiger partial charge in [0.05, 0.1) is 7.11 Å². The van der Waals surface area contributed by atoms with E-state index in [0.717, 1.165) is 24.2 Å². The van der Waals surface area contributed by atoms with Crippen LogP contribution in [0.25, 0.3) is 0 Å². The Bertz CT molecular complexity index is 812. The number of methoxy groups -OCH3 is 1. The van der Waals surface area contributed by atoms with Crippen LogP contribution in [0.1, 0.15) is 37.7 Å². The van der Waals surface area contributed by atoms with E-state index in [0.29, 0.717) is 24.8 Å². The summed E-state index contributed by atoms with van der Waals surface area (Å²) in [6, 6.07) is 4.06. The van der Waals surface area contributed by atoms with Crippen molar-refractivity contribution in [3.8, 4) is 11.5 Å². The van der Waals surface area contributed by atoms with Crippen LogP contribution in [-0.2, 0) is 16.0 Å². The number of carbonyl (C=O) groups excluding carboxylic acids is 3. The molecule has 1 saturated carbocycles. The predicted molar refractivity (Wildman–Crippen MR) is 102 cm³/mol. The molecular formula is C20H25F2N3O5. The molecule has 0 bridgehead atoms. The Morgan fingerprint density at radius 3 is 2.63 bits per heavy atom. The predicted octanol–water partition coefficient (Wildman–Crippen LogP) is 2.21. The highest BCUT2D eigenvalue weighted by molar-refractivity contribution is 6.09. The van der Waals surface area contributed by atoms with Gasteiger partial charge in [0.1, 0.15) is 12.1 Å². The van der Waals surface area contributed by atoms with Crippen LogP contribution >= 0.6 is 0 Å². The van der Waals surface area contributed by atoms with E-state index in [-0.39, 0.29) is 30.5 Å². The molecule has 1 aromatic carbocycles. The first-order chi connectivity index (χ1) is 14.3. The second kappa shape index (κ2) is 9.27. The molecule has 10 heteroatoms. The third-order valence-corrected chi connectivity index (χ3v) is 5.43. The van der Waals surface area contributed by atoms with Crippen LogP contribution in [0.15, 0.2) is 18.2 Å². The van der Waals surface area contributed by atoms with Crippen molar-refractivity contribution in [2.75, 3.05) is 20.2 Å². The molecule has 0 aromatic heterocycles. The van der Waals surface area contributed by atoms with Gasteiger partial charge in [0, 0.05) is 6.54 Å². The van der Waals surface area contributed by atoms with Gasteiger partial charge in [-0.15, -0.1) is 0 Å². The number of imide groups is 1. The third-order valence-electron chi connectivity index (χ3n) is 5.43. The lowest BCUT2D eigenvalue weighted by atomic mass is 9.82. The summed E-state index contributed by atoms with van der Waals surface area (Å²) in [5.41, 5.74) is -0.206. The number of carbonyl (C=O) groups is 3. The molecule has 8 nitrogen and oxygen atoms in total. The average molecular weight is 425 g/mol. The second-order valence-electron chi connectivity index (χ2n) is 7.43. The summed E-state index contributed by atoms with van der Waals surface area (Å²) >= 11 is 0. The largest absolute Gasteiger partial charge is 0.493 e. The first-order valence-electron chi connectivity index (χ1n) is 9.87. The van der Waals surface area contributed by atoms with E-state index in [1.165, 1.54) is 19.2 Å². The molecule has 1 aliphatic heterocycles. The van der Waals surface area contributed by atoms with Gasteiger partial charge in [-0.1, -0.05) is 25.3 Å². The Morgan fingerprint density at radius 2 is 1.97 bits per heavy atom. The minimum absolute atomic E-state index is 0.0894. The van der Waals surface area contributed by atoms with Crippen LogP contribution in [0, 0.1) is 0 Å². The number of alkyl halides is 2. The van der Waals surface area contributed by atoms with Crippen molar-refractivity contribution in [2.45, 2.75) is 50.7 Å². The third kappa shape index (κ3) is 4.80. The van der Waals surface area contributed by atoms with Crippen molar-refractivity contribution in [1.82, 2.24) is 15.5 Å². The maximum Gasteiger partial charge on any atom is 0.387 e. The number of hydrogen-bond donors (Lipinski definition) is 2. The molecule has 1 heterocycles. The summed E-state index contributed by atoms with van der Waals surface area (Å²) in [5, 5.41) is 5.41. The molecule has 3 rings (SSSR count). The van der Waals surface area contributed by atoms with E-state index in [1.54, 1.807) is 6.07 Å². The van der Waals surface area contributed by atoms with Gasteiger partial charge in [0.2, 0.25) is 5.91 Å². The van der Waals surface area contributed by atoms with Crippen LogP contribution in [0.5, 0.6) is 11.5 Å². The van der Waals surface area contributed by atoms with E-state index in [1.807, 2.05) is 0 Å². The van der Waals surface area contributed by atoms with Gasteiger partial charge in [0.25, 0.3) is 5.91 Å². The topological polar surface area (TPSA) is 97.0 Å². The normalized spacial score (nSPS) is 17.9. The monoisotopic (exact) mass is 425 g/mol. The maximum absolute atomic E-state index is 12.7. The summed E-state index contributed by atoms with van der Waals surface area (Å²) in [6.07, 6.45) is 4.29. The zero-order chi connectivity index (χ0) is 21.7. The van der Waals surface area contributed by atoms with Gasteiger partial charge in [0.15, 0.2) is 11.5 Å². The van der Waals surface area contributed by atoms with E-state index in [9.17, 15) is 23.2 Å². The average Bonchev–Trinajstić information content (AvgIpc) is 2.92. The summed E-state index contributed by atoms with van der Waals surface area (Å²) in [5.74, 6) is -0.720. The van der Waals surface area contributed by atoms with Gasteiger partial charge in [-0.25, -0.2) is 4.79 Å². The van der Waals surface area contributed by atoms with Gasteiger partial charge in [-0.3, -0.25) is 14.5 Å². The number of amides is 4. The van der Waals surface area contributed by atoms with E-state index in [2.05, 4.69) is 15.4 Å². The van der Waals surface area contributed by atoms with Gasteiger partial charge < -0.3 is 20.1 Å². The summed E-state index contributed by atoms with van der Waals surface area (Å²) < 4.78 is 34.5.